The maximum atomic E-state index is 11.2. The number of hydrogen-bond acceptors (Lipinski definition) is 3. The minimum Gasteiger partial charge on any atom is -0.496 e. The zero-order chi connectivity index (χ0) is 21.2. The quantitative estimate of drug-likeness (QED) is 0.563. The molecule has 4 heteroatoms. The topological polar surface area (TPSA) is 59.4 Å². The van der Waals surface area contributed by atoms with Crippen molar-refractivity contribution in [1.29, 1.82) is 0 Å². The second kappa shape index (κ2) is 6.81. The zero-order valence-electron chi connectivity index (χ0n) is 17.8. The van der Waals surface area contributed by atoms with Crippen LogP contribution in [-0.4, -0.2) is 23.2 Å². The van der Waals surface area contributed by atoms with Crippen molar-refractivity contribution in [2.24, 2.45) is 17.8 Å². The third-order valence-corrected chi connectivity index (χ3v) is 8.07. The summed E-state index contributed by atoms with van der Waals surface area (Å²) in [6, 6.07) is 14.4. The van der Waals surface area contributed by atoms with E-state index in [0.717, 1.165) is 40.0 Å². The van der Waals surface area contributed by atoms with Crippen molar-refractivity contribution < 1.29 is 14.6 Å². The summed E-state index contributed by atoms with van der Waals surface area (Å²) < 4.78 is 5.86. The van der Waals surface area contributed by atoms with Gasteiger partial charge < -0.3 is 9.84 Å². The van der Waals surface area contributed by atoms with Gasteiger partial charge in [0, 0.05) is 17.1 Å². The Morgan fingerprint density at radius 3 is 2.26 bits per heavy atom. The average Bonchev–Trinajstić information content (AvgIpc) is 2.77. The van der Waals surface area contributed by atoms with Crippen LogP contribution in [0.25, 0.3) is 22.0 Å². The summed E-state index contributed by atoms with van der Waals surface area (Å²) in [6.45, 7) is 0. The van der Waals surface area contributed by atoms with E-state index < -0.39 is 5.97 Å². The maximum absolute atomic E-state index is 11.2. The van der Waals surface area contributed by atoms with Crippen molar-refractivity contribution in [3.63, 3.8) is 0 Å². The fourth-order valence-corrected chi connectivity index (χ4v) is 7.16. The molecule has 4 aliphatic carbocycles. The molecule has 2 aromatic carbocycles. The molecule has 4 bridgehead atoms. The van der Waals surface area contributed by atoms with E-state index in [1.165, 1.54) is 55.8 Å². The molecule has 0 aliphatic heterocycles. The van der Waals surface area contributed by atoms with E-state index in [9.17, 15) is 9.90 Å². The molecule has 0 spiro atoms. The maximum Gasteiger partial charge on any atom is 0.337 e. The van der Waals surface area contributed by atoms with Gasteiger partial charge in [-0.05, 0) is 97.1 Å². The Hall–Kier alpha value is -2.88. The Morgan fingerprint density at radius 1 is 0.968 bits per heavy atom. The molecule has 0 amide bonds. The molecule has 0 unspecified atom stereocenters. The number of pyridine rings is 1. The van der Waals surface area contributed by atoms with Crippen molar-refractivity contribution in [2.45, 2.75) is 43.9 Å². The molecule has 4 fully saturated rings. The van der Waals surface area contributed by atoms with Crippen molar-refractivity contribution in [2.75, 3.05) is 7.11 Å². The normalized spacial score (nSPS) is 28.7. The first-order chi connectivity index (χ1) is 15.0. The van der Waals surface area contributed by atoms with Crippen LogP contribution >= 0.6 is 0 Å². The highest BCUT2D eigenvalue weighted by molar-refractivity contribution is 5.93. The molecule has 3 aromatic rings. The number of aromatic carboxylic acids is 1. The molecule has 0 atom stereocenters. The van der Waals surface area contributed by atoms with Gasteiger partial charge in [-0.2, -0.15) is 0 Å². The van der Waals surface area contributed by atoms with Crippen LogP contribution in [0.5, 0.6) is 5.75 Å². The SMILES string of the molecule is COc1ccc(-c2ccc3cc(C(=O)O)cnc3c2)cc1C12CC3CC(CC(C3)C1)C2. The van der Waals surface area contributed by atoms with Crippen LogP contribution in [0.1, 0.15) is 54.4 Å². The number of benzene rings is 2. The highest BCUT2D eigenvalue weighted by atomic mass is 16.5. The van der Waals surface area contributed by atoms with Gasteiger partial charge in [0.05, 0.1) is 18.2 Å². The minimum atomic E-state index is -0.950. The number of carbonyl (C=O) groups is 1. The van der Waals surface area contributed by atoms with Crippen LogP contribution in [0.3, 0.4) is 0 Å². The Bertz CT molecular complexity index is 1160. The Morgan fingerprint density at radius 2 is 1.61 bits per heavy atom. The van der Waals surface area contributed by atoms with E-state index in [-0.39, 0.29) is 11.0 Å². The predicted octanol–water partition coefficient (Wildman–Crippen LogP) is 6.08. The Balaban J connectivity index is 1.43. The molecule has 158 valence electrons. The summed E-state index contributed by atoms with van der Waals surface area (Å²) >= 11 is 0. The molecule has 4 saturated carbocycles. The van der Waals surface area contributed by atoms with Gasteiger partial charge in [0.1, 0.15) is 5.75 Å². The van der Waals surface area contributed by atoms with E-state index in [1.807, 2.05) is 6.07 Å². The van der Waals surface area contributed by atoms with Crippen LogP contribution in [0.2, 0.25) is 0 Å². The lowest BCUT2D eigenvalue weighted by atomic mass is 9.48. The van der Waals surface area contributed by atoms with Gasteiger partial charge in [-0.25, -0.2) is 4.79 Å². The minimum absolute atomic E-state index is 0.216. The molecule has 4 nitrogen and oxygen atoms in total. The molecular weight excluding hydrogens is 386 g/mol. The molecule has 0 radical (unpaired) electrons. The van der Waals surface area contributed by atoms with Crippen molar-refractivity contribution in [3.8, 4) is 16.9 Å². The Labute approximate surface area is 182 Å². The largest absolute Gasteiger partial charge is 0.496 e. The van der Waals surface area contributed by atoms with Gasteiger partial charge in [0.2, 0.25) is 0 Å². The lowest BCUT2D eigenvalue weighted by Crippen LogP contribution is -2.48. The summed E-state index contributed by atoms with van der Waals surface area (Å²) in [5.41, 5.74) is 4.97. The number of aromatic nitrogens is 1. The van der Waals surface area contributed by atoms with Gasteiger partial charge >= 0.3 is 5.97 Å². The molecule has 1 N–H and O–H groups in total. The first-order valence-electron chi connectivity index (χ1n) is 11.3. The van der Waals surface area contributed by atoms with Crippen molar-refractivity contribution >= 4 is 16.9 Å². The van der Waals surface area contributed by atoms with Crippen LogP contribution in [-0.2, 0) is 5.41 Å². The summed E-state index contributed by atoms with van der Waals surface area (Å²) in [5, 5.41) is 10.1. The summed E-state index contributed by atoms with van der Waals surface area (Å²) in [6.07, 6.45) is 9.62. The fourth-order valence-electron chi connectivity index (χ4n) is 7.16. The van der Waals surface area contributed by atoms with Crippen LogP contribution < -0.4 is 4.74 Å². The monoisotopic (exact) mass is 413 g/mol. The second-order valence-corrected chi connectivity index (χ2v) is 10.0. The standard InChI is InChI=1S/C27H27NO3/c1-31-25-5-4-19(20-2-3-21-9-22(26(29)30)15-28-24(21)11-20)10-23(25)27-12-16-6-17(13-27)8-18(7-16)14-27/h2-5,9-11,15-18H,6-8,12-14H2,1H3,(H,29,30). The van der Waals surface area contributed by atoms with Gasteiger partial charge in [0.15, 0.2) is 0 Å². The van der Waals surface area contributed by atoms with Gasteiger partial charge in [-0.3, -0.25) is 4.98 Å². The van der Waals surface area contributed by atoms with Crippen molar-refractivity contribution in [3.05, 3.63) is 59.8 Å². The number of nitrogens with zero attached hydrogens (tertiary/aromatic N) is 1. The second-order valence-electron chi connectivity index (χ2n) is 10.0. The molecule has 1 aromatic heterocycles. The first kappa shape index (κ1) is 18.9. The smallest absolute Gasteiger partial charge is 0.337 e. The van der Waals surface area contributed by atoms with Crippen molar-refractivity contribution in [1.82, 2.24) is 4.98 Å². The molecule has 1 heterocycles. The number of hydrogen-bond donors (Lipinski definition) is 1. The van der Waals surface area contributed by atoms with Crippen LogP contribution in [0.15, 0.2) is 48.7 Å². The summed E-state index contributed by atoms with van der Waals surface area (Å²) in [7, 11) is 1.79. The van der Waals surface area contributed by atoms with E-state index in [2.05, 4.69) is 35.3 Å². The fraction of sp³-hybridized carbons (Fsp3) is 0.407. The summed E-state index contributed by atoms with van der Waals surface area (Å²) in [4.78, 5) is 15.6. The number of ether oxygens (including phenoxy) is 1. The van der Waals surface area contributed by atoms with E-state index in [0.29, 0.717) is 0 Å². The number of carboxylic acids is 1. The van der Waals surface area contributed by atoms with E-state index in [1.54, 1.807) is 13.2 Å². The lowest BCUT2D eigenvalue weighted by Gasteiger charge is -2.57. The molecule has 7 rings (SSSR count). The van der Waals surface area contributed by atoms with Crippen LogP contribution in [0, 0.1) is 17.8 Å². The van der Waals surface area contributed by atoms with E-state index in [4.69, 9.17) is 4.74 Å². The number of fused-ring (bicyclic) bond motifs is 1. The first-order valence-corrected chi connectivity index (χ1v) is 11.3. The average molecular weight is 414 g/mol. The number of carboxylic acid groups (broad SMARTS) is 1. The number of methoxy groups -OCH3 is 1. The van der Waals surface area contributed by atoms with E-state index >= 15 is 0 Å². The molecule has 0 saturated heterocycles. The third kappa shape index (κ3) is 3.03. The van der Waals surface area contributed by atoms with Gasteiger partial charge in [-0.1, -0.05) is 18.2 Å². The van der Waals surface area contributed by atoms with Crippen LogP contribution in [0.4, 0.5) is 0 Å². The third-order valence-electron chi connectivity index (χ3n) is 8.07. The van der Waals surface area contributed by atoms with Gasteiger partial charge in [0.25, 0.3) is 0 Å². The molecule has 31 heavy (non-hydrogen) atoms. The highest BCUT2D eigenvalue weighted by Gasteiger charge is 2.52. The lowest BCUT2D eigenvalue weighted by molar-refractivity contribution is -0.00613. The molecular formula is C27H27NO3. The van der Waals surface area contributed by atoms with Gasteiger partial charge in [-0.15, -0.1) is 0 Å². The predicted molar refractivity (Wildman–Crippen MR) is 121 cm³/mol. The molecule has 4 aliphatic rings. The Kier molecular flexibility index (Phi) is 4.14. The number of rotatable bonds is 4. The highest BCUT2D eigenvalue weighted by Crippen LogP contribution is 2.62. The summed E-state index contributed by atoms with van der Waals surface area (Å²) in [5.74, 6) is 2.72. The zero-order valence-corrected chi connectivity index (χ0v) is 17.8.